The molecule has 0 aliphatic rings. The molecular weight excluding hydrogens is 470 g/mol. The summed E-state index contributed by atoms with van der Waals surface area (Å²) < 4.78 is 1.66. The maximum Gasteiger partial charge on any atom is 0.273 e. The highest BCUT2D eigenvalue weighted by atomic mass is 79.9. The van der Waals surface area contributed by atoms with E-state index in [1.807, 2.05) is 12.1 Å². The first-order valence-electron chi connectivity index (χ1n) is 7.36. The van der Waals surface area contributed by atoms with Gasteiger partial charge in [-0.25, -0.2) is 4.98 Å². The Morgan fingerprint density at radius 2 is 1.92 bits per heavy atom. The number of aromatic nitrogens is 1. The van der Waals surface area contributed by atoms with Crippen LogP contribution in [0.5, 0.6) is 0 Å². The van der Waals surface area contributed by atoms with E-state index in [-0.39, 0.29) is 11.5 Å². The smallest absolute Gasteiger partial charge is 0.273 e. The molecule has 0 saturated carbocycles. The monoisotopic (exact) mass is 485 g/mol. The van der Waals surface area contributed by atoms with Gasteiger partial charge in [-0.05, 0) is 34.1 Å². The van der Waals surface area contributed by atoms with Crippen LogP contribution in [-0.2, 0) is 9.59 Å². The zero-order valence-electron chi connectivity index (χ0n) is 13.9. The molecular formula is C17H17Br2N3O2S. The van der Waals surface area contributed by atoms with Crippen LogP contribution in [0.1, 0.15) is 20.8 Å². The van der Waals surface area contributed by atoms with E-state index in [9.17, 15) is 9.59 Å². The molecule has 0 fully saturated rings. The van der Waals surface area contributed by atoms with Crippen LogP contribution < -0.4 is 10.6 Å². The number of nitrogens with one attached hydrogen (secondary N) is 2. The van der Waals surface area contributed by atoms with Gasteiger partial charge >= 0.3 is 0 Å². The molecule has 0 spiro atoms. The standard InChI is InChI=1S/C17H17Br2N3O2S/c1-17(2,3)14(23)9-13(15(24)22-16-20-6-7-25-16)21-12-5-4-10(18)8-11(12)19/h4-9,21H,1-3H3,(H,20,22,24). The van der Waals surface area contributed by atoms with Crippen molar-refractivity contribution in [2.45, 2.75) is 20.8 Å². The molecule has 2 N–H and O–H groups in total. The number of carbonyl (C=O) groups excluding carboxylic acids is 2. The van der Waals surface area contributed by atoms with E-state index in [1.54, 1.807) is 38.4 Å². The van der Waals surface area contributed by atoms with Crippen molar-refractivity contribution in [3.63, 3.8) is 0 Å². The van der Waals surface area contributed by atoms with Crippen LogP contribution in [0.3, 0.4) is 0 Å². The molecule has 0 aliphatic heterocycles. The number of ketones is 1. The average molecular weight is 487 g/mol. The Hall–Kier alpha value is -1.51. The third-order valence-electron chi connectivity index (χ3n) is 3.11. The Morgan fingerprint density at radius 3 is 2.48 bits per heavy atom. The van der Waals surface area contributed by atoms with Crippen LogP contribution in [0.4, 0.5) is 10.8 Å². The first-order chi connectivity index (χ1) is 11.7. The topological polar surface area (TPSA) is 71.1 Å². The quantitative estimate of drug-likeness (QED) is 0.568. The number of anilines is 2. The van der Waals surface area contributed by atoms with Gasteiger partial charge in [0.1, 0.15) is 5.70 Å². The number of amides is 1. The van der Waals surface area contributed by atoms with E-state index in [4.69, 9.17) is 0 Å². The summed E-state index contributed by atoms with van der Waals surface area (Å²) in [7, 11) is 0. The molecule has 2 rings (SSSR count). The highest BCUT2D eigenvalue weighted by Gasteiger charge is 2.22. The minimum Gasteiger partial charge on any atom is -0.350 e. The molecule has 0 atom stereocenters. The van der Waals surface area contributed by atoms with Gasteiger partial charge in [-0.1, -0.05) is 36.7 Å². The van der Waals surface area contributed by atoms with E-state index in [0.717, 1.165) is 8.95 Å². The van der Waals surface area contributed by atoms with Crippen molar-refractivity contribution in [3.05, 3.63) is 50.5 Å². The molecule has 0 aliphatic carbocycles. The highest BCUT2D eigenvalue weighted by Crippen LogP contribution is 2.28. The summed E-state index contributed by atoms with van der Waals surface area (Å²) in [6, 6.07) is 5.50. The van der Waals surface area contributed by atoms with Gasteiger partial charge in [-0.15, -0.1) is 11.3 Å². The number of hydrogen-bond acceptors (Lipinski definition) is 5. The number of halogens is 2. The fourth-order valence-electron chi connectivity index (χ4n) is 1.69. The van der Waals surface area contributed by atoms with Crippen molar-refractivity contribution in [2.75, 3.05) is 10.6 Å². The van der Waals surface area contributed by atoms with Crippen molar-refractivity contribution >= 4 is 65.7 Å². The van der Waals surface area contributed by atoms with Crippen LogP contribution in [0.2, 0.25) is 0 Å². The molecule has 5 nitrogen and oxygen atoms in total. The lowest BCUT2D eigenvalue weighted by atomic mass is 9.90. The number of rotatable bonds is 5. The van der Waals surface area contributed by atoms with Gasteiger partial charge in [0.25, 0.3) is 5.91 Å². The van der Waals surface area contributed by atoms with E-state index < -0.39 is 11.3 Å². The van der Waals surface area contributed by atoms with E-state index in [2.05, 4.69) is 47.5 Å². The normalized spacial score (nSPS) is 12.0. The highest BCUT2D eigenvalue weighted by molar-refractivity contribution is 9.11. The molecule has 1 aromatic carbocycles. The lowest BCUT2D eigenvalue weighted by Crippen LogP contribution is -2.24. The third-order valence-corrected chi connectivity index (χ3v) is 4.95. The number of carbonyl (C=O) groups is 2. The molecule has 0 radical (unpaired) electrons. The molecule has 2 aromatic rings. The number of nitrogens with zero attached hydrogens (tertiary/aromatic N) is 1. The summed E-state index contributed by atoms with van der Waals surface area (Å²) in [6.07, 6.45) is 2.93. The van der Waals surface area contributed by atoms with Crippen molar-refractivity contribution in [1.29, 1.82) is 0 Å². The summed E-state index contributed by atoms with van der Waals surface area (Å²) in [5.74, 6) is -0.583. The number of allylic oxidation sites excluding steroid dienone is 1. The van der Waals surface area contributed by atoms with Crippen molar-refractivity contribution in [2.24, 2.45) is 5.41 Å². The van der Waals surface area contributed by atoms with Crippen LogP contribution in [0.25, 0.3) is 0 Å². The molecule has 25 heavy (non-hydrogen) atoms. The van der Waals surface area contributed by atoms with E-state index >= 15 is 0 Å². The number of thiazole rings is 1. The van der Waals surface area contributed by atoms with Crippen molar-refractivity contribution in [3.8, 4) is 0 Å². The molecule has 1 amide bonds. The van der Waals surface area contributed by atoms with Gasteiger partial charge in [-0.3, -0.25) is 14.9 Å². The van der Waals surface area contributed by atoms with Gasteiger partial charge in [0.05, 0.1) is 5.69 Å². The molecule has 0 unspecified atom stereocenters. The lowest BCUT2D eigenvalue weighted by Gasteiger charge is -2.16. The zero-order chi connectivity index (χ0) is 18.6. The Labute approximate surface area is 167 Å². The minimum atomic E-state index is -0.592. The van der Waals surface area contributed by atoms with Gasteiger partial charge < -0.3 is 5.32 Å². The number of hydrogen-bond donors (Lipinski definition) is 2. The van der Waals surface area contributed by atoms with Gasteiger partial charge in [0.15, 0.2) is 10.9 Å². The first-order valence-corrected chi connectivity index (χ1v) is 9.82. The molecule has 1 heterocycles. The predicted molar refractivity (Wildman–Crippen MR) is 109 cm³/mol. The average Bonchev–Trinajstić information content (AvgIpc) is 3.00. The lowest BCUT2D eigenvalue weighted by molar-refractivity contribution is -0.122. The van der Waals surface area contributed by atoms with Crippen molar-refractivity contribution in [1.82, 2.24) is 4.98 Å². The molecule has 1 aromatic heterocycles. The maximum atomic E-state index is 12.6. The predicted octanol–water partition coefficient (Wildman–Crippen LogP) is 5.22. The van der Waals surface area contributed by atoms with Gasteiger partial charge in [0, 0.05) is 32.0 Å². The Bertz CT molecular complexity index is 812. The minimum absolute atomic E-state index is 0.151. The first kappa shape index (κ1) is 19.8. The Kier molecular flexibility index (Phi) is 6.53. The van der Waals surface area contributed by atoms with E-state index in [0.29, 0.717) is 10.8 Å². The van der Waals surface area contributed by atoms with E-state index in [1.165, 1.54) is 17.4 Å². The fourth-order valence-corrected chi connectivity index (χ4v) is 3.36. The van der Waals surface area contributed by atoms with Gasteiger partial charge in [0.2, 0.25) is 0 Å². The Balaban J connectivity index is 2.32. The summed E-state index contributed by atoms with van der Waals surface area (Å²) in [5.41, 5.74) is 0.231. The molecule has 132 valence electrons. The van der Waals surface area contributed by atoms with Crippen LogP contribution in [0, 0.1) is 5.41 Å². The van der Waals surface area contributed by atoms with Crippen LogP contribution in [0.15, 0.2) is 50.5 Å². The second-order valence-electron chi connectivity index (χ2n) is 6.21. The van der Waals surface area contributed by atoms with Crippen LogP contribution >= 0.6 is 43.2 Å². The third kappa shape index (κ3) is 5.76. The SMILES string of the molecule is CC(C)(C)C(=O)C=C(Nc1ccc(Br)cc1Br)C(=O)Nc1nccs1. The summed E-state index contributed by atoms with van der Waals surface area (Å²) >= 11 is 8.14. The van der Waals surface area contributed by atoms with Crippen molar-refractivity contribution < 1.29 is 9.59 Å². The molecule has 0 saturated heterocycles. The number of benzene rings is 1. The second-order valence-corrected chi connectivity index (χ2v) is 8.88. The van der Waals surface area contributed by atoms with Crippen LogP contribution in [-0.4, -0.2) is 16.7 Å². The largest absolute Gasteiger partial charge is 0.350 e. The molecule has 0 bridgehead atoms. The Morgan fingerprint density at radius 1 is 1.20 bits per heavy atom. The summed E-state index contributed by atoms with van der Waals surface area (Å²) in [4.78, 5) is 29.0. The second kappa shape index (κ2) is 8.25. The zero-order valence-corrected chi connectivity index (χ0v) is 17.9. The molecule has 8 heteroatoms. The summed E-state index contributed by atoms with van der Waals surface area (Å²) in [6.45, 7) is 5.41. The fraction of sp³-hybridized carbons (Fsp3) is 0.235. The summed E-state index contributed by atoms with van der Waals surface area (Å²) in [5, 5.41) is 7.95. The maximum absolute atomic E-state index is 12.6. The van der Waals surface area contributed by atoms with Gasteiger partial charge in [-0.2, -0.15) is 0 Å².